The fourth-order valence-corrected chi connectivity index (χ4v) is 4.03. The number of hydrogen-bond acceptors (Lipinski definition) is 6. The second-order valence-corrected chi connectivity index (χ2v) is 8.61. The second kappa shape index (κ2) is 10.3. The summed E-state index contributed by atoms with van der Waals surface area (Å²) in [5, 5.41) is 13.4. The second-order valence-electron chi connectivity index (χ2n) is 6.82. The van der Waals surface area contributed by atoms with E-state index in [1.54, 1.807) is 18.6 Å². The standard InChI is InChI=1S/C23H19BrN6OS/c1-16-6-8-19(9-7-16)30-22(17-10-12-25-13-11-17)28-29-23(30)32-15-21(31)27-26-14-18-4-2-3-5-20(18)24/h2-14H,15H2,1H3,(H,27,31)/b26-14+. The van der Waals surface area contributed by atoms with Crippen LogP contribution in [0.5, 0.6) is 0 Å². The molecule has 7 nitrogen and oxygen atoms in total. The fourth-order valence-electron chi connectivity index (χ4n) is 2.89. The molecule has 0 atom stereocenters. The predicted molar refractivity (Wildman–Crippen MR) is 130 cm³/mol. The van der Waals surface area contributed by atoms with Crippen LogP contribution in [0.25, 0.3) is 17.1 Å². The molecule has 2 heterocycles. The number of aromatic nitrogens is 4. The molecule has 0 radical (unpaired) electrons. The summed E-state index contributed by atoms with van der Waals surface area (Å²) in [5.74, 6) is 0.599. The molecule has 32 heavy (non-hydrogen) atoms. The lowest BCUT2D eigenvalue weighted by Crippen LogP contribution is -2.20. The van der Waals surface area contributed by atoms with Gasteiger partial charge in [0, 0.05) is 33.7 Å². The highest BCUT2D eigenvalue weighted by atomic mass is 79.9. The van der Waals surface area contributed by atoms with Gasteiger partial charge in [0.25, 0.3) is 5.91 Å². The molecule has 2 aromatic carbocycles. The highest BCUT2D eigenvalue weighted by Crippen LogP contribution is 2.27. The van der Waals surface area contributed by atoms with Gasteiger partial charge in [0.1, 0.15) is 0 Å². The quantitative estimate of drug-likeness (QED) is 0.224. The van der Waals surface area contributed by atoms with Crippen LogP contribution in [0.3, 0.4) is 0 Å². The zero-order valence-corrected chi connectivity index (χ0v) is 19.5. The van der Waals surface area contributed by atoms with E-state index >= 15 is 0 Å². The fraction of sp³-hybridized carbons (Fsp3) is 0.0870. The van der Waals surface area contributed by atoms with Gasteiger partial charge in [-0.2, -0.15) is 5.10 Å². The van der Waals surface area contributed by atoms with E-state index in [1.807, 2.05) is 72.2 Å². The van der Waals surface area contributed by atoms with Gasteiger partial charge in [-0.05, 0) is 37.3 Å². The number of pyridine rings is 1. The molecule has 4 aromatic rings. The average molecular weight is 507 g/mol. The highest BCUT2D eigenvalue weighted by Gasteiger charge is 2.17. The molecule has 160 valence electrons. The number of carbonyl (C=O) groups excluding carboxylic acids is 1. The predicted octanol–water partition coefficient (Wildman–Crippen LogP) is 4.64. The van der Waals surface area contributed by atoms with Gasteiger partial charge in [0.2, 0.25) is 0 Å². The number of halogens is 1. The molecule has 0 bridgehead atoms. The Bertz CT molecular complexity index is 1240. The van der Waals surface area contributed by atoms with E-state index in [0.29, 0.717) is 11.0 Å². The Morgan fingerprint density at radius 2 is 1.84 bits per heavy atom. The van der Waals surface area contributed by atoms with Gasteiger partial charge >= 0.3 is 0 Å². The molecular formula is C23H19BrN6OS. The van der Waals surface area contributed by atoms with Crippen LogP contribution in [0.1, 0.15) is 11.1 Å². The molecule has 0 fully saturated rings. The molecule has 0 aliphatic heterocycles. The third kappa shape index (κ3) is 5.30. The minimum Gasteiger partial charge on any atom is -0.272 e. The Hall–Kier alpha value is -3.30. The third-order valence-corrected chi connectivity index (χ3v) is 6.15. The minimum absolute atomic E-state index is 0.146. The molecule has 1 amide bonds. The van der Waals surface area contributed by atoms with Crippen molar-refractivity contribution in [3.63, 3.8) is 0 Å². The van der Waals surface area contributed by atoms with Crippen LogP contribution in [-0.4, -0.2) is 37.6 Å². The zero-order valence-electron chi connectivity index (χ0n) is 17.1. The lowest BCUT2D eigenvalue weighted by molar-refractivity contribution is -0.118. The Morgan fingerprint density at radius 1 is 1.09 bits per heavy atom. The minimum atomic E-state index is -0.234. The average Bonchev–Trinajstić information content (AvgIpc) is 3.24. The molecule has 0 spiro atoms. The Balaban J connectivity index is 1.51. The lowest BCUT2D eigenvalue weighted by atomic mass is 10.2. The number of benzene rings is 2. The van der Waals surface area contributed by atoms with Crippen molar-refractivity contribution in [3.05, 3.63) is 88.7 Å². The molecule has 1 N–H and O–H groups in total. The van der Waals surface area contributed by atoms with E-state index in [0.717, 1.165) is 26.9 Å². The number of hydrogen-bond donors (Lipinski definition) is 1. The molecule has 4 rings (SSSR count). The SMILES string of the molecule is Cc1ccc(-n2c(SCC(=O)N/N=C/c3ccccc3Br)nnc2-c2ccncc2)cc1. The van der Waals surface area contributed by atoms with E-state index in [4.69, 9.17) is 0 Å². The Morgan fingerprint density at radius 3 is 2.59 bits per heavy atom. The van der Waals surface area contributed by atoms with Gasteiger partial charge < -0.3 is 0 Å². The van der Waals surface area contributed by atoms with Crippen molar-refractivity contribution in [2.45, 2.75) is 12.1 Å². The van der Waals surface area contributed by atoms with Crippen molar-refractivity contribution in [2.24, 2.45) is 5.10 Å². The molecule has 0 unspecified atom stereocenters. The number of rotatable bonds is 7. The highest BCUT2D eigenvalue weighted by molar-refractivity contribution is 9.10. The van der Waals surface area contributed by atoms with Crippen molar-refractivity contribution < 1.29 is 4.79 Å². The molecule has 0 aliphatic rings. The first-order valence-electron chi connectivity index (χ1n) is 9.74. The van der Waals surface area contributed by atoms with Gasteiger partial charge in [-0.15, -0.1) is 10.2 Å². The van der Waals surface area contributed by atoms with Crippen molar-refractivity contribution in [2.75, 3.05) is 5.75 Å². The largest absolute Gasteiger partial charge is 0.272 e. The van der Waals surface area contributed by atoms with Crippen LogP contribution < -0.4 is 5.43 Å². The van der Waals surface area contributed by atoms with Gasteiger partial charge in [-0.25, -0.2) is 5.43 Å². The number of carbonyl (C=O) groups is 1. The summed E-state index contributed by atoms with van der Waals surface area (Å²) in [4.78, 5) is 16.4. The number of aryl methyl sites for hydroxylation is 1. The van der Waals surface area contributed by atoms with Crippen LogP contribution >= 0.6 is 27.7 Å². The first kappa shape index (κ1) is 21.9. The van der Waals surface area contributed by atoms with E-state index in [2.05, 4.69) is 41.6 Å². The molecule has 0 saturated carbocycles. The summed E-state index contributed by atoms with van der Waals surface area (Å²) < 4.78 is 2.85. The summed E-state index contributed by atoms with van der Waals surface area (Å²) in [6, 6.07) is 19.5. The first-order chi connectivity index (χ1) is 15.6. The summed E-state index contributed by atoms with van der Waals surface area (Å²) in [6.07, 6.45) is 5.03. The Labute approximate surface area is 198 Å². The summed E-state index contributed by atoms with van der Waals surface area (Å²) >= 11 is 4.75. The van der Waals surface area contributed by atoms with Crippen LogP contribution in [0.15, 0.2) is 87.8 Å². The third-order valence-electron chi connectivity index (χ3n) is 4.49. The number of hydrazone groups is 1. The summed E-state index contributed by atoms with van der Waals surface area (Å²) in [7, 11) is 0. The van der Waals surface area contributed by atoms with E-state index in [1.165, 1.54) is 11.8 Å². The molecule has 0 saturated heterocycles. The molecular weight excluding hydrogens is 488 g/mol. The van der Waals surface area contributed by atoms with Crippen LogP contribution in [0, 0.1) is 6.92 Å². The van der Waals surface area contributed by atoms with Crippen molar-refractivity contribution in [1.29, 1.82) is 0 Å². The topological polar surface area (TPSA) is 85.1 Å². The van der Waals surface area contributed by atoms with Gasteiger partial charge in [-0.1, -0.05) is 63.6 Å². The van der Waals surface area contributed by atoms with Gasteiger partial charge in [0.15, 0.2) is 11.0 Å². The number of nitrogens with zero attached hydrogens (tertiary/aromatic N) is 5. The number of thioether (sulfide) groups is 1. The maximum absolute atomic E-state index is 12.3. The van der Waals surface area contributed by atoms with E-state index < -0.39 is 0 Å². The first-order valence-corrected chi connectivity index (χ1v) is 11.5. The van der Waals surface area contributed by atoms with Crippen LogP contribution in [0.2, 0.25) is 0 Å². The van der Waals surface area contributed by atoms with Gasteiger partial charge in [-0.3, -0.25) is 14.3 Å². The zero-order chi connectivity index (χ0) is 22.3. The number of amides is 1. The van der Waals surface area contributed by atoms with Crippen molar-refractivity contribution >= 4 is 39.8 Å². The summed E-state index contributed by atoms with van der Waals surface area (Å²) in [5.41, 5.74) is 6.40. The summed E-state index contributed by atoms with van der Waals surface area (Å²) in [6.45, 7) is 2.04. The molecule has 2 aromatic heterocycles. The molecule has 9 heteroatoms. The maximum Gasteiger partial charge on any atom is 0.250 e. The number of nitrogens with one attached hydrogen (secondary N) is 1. The molecule has 0 aliphatic carbocycles. The van der Waals surface area contributed by atoms with Crippen molar-refractivity contribution in [3.8, 4) is 17.1 Å². The van der Waals surface area contributed by atoms with Crippen LogP contribution in [-0.2, 0) is 4.79 Å². The lowest BCUT2D eigenvalue weighted by Gasteiger charge is -2.10. The van der Waals surface area contributed by atoms with E-state index in [-0.39, 0.29) is 11.7 Å². The normalized spacial score (nSPS) is 11.1. The van der Waals surface area contributed by atoms with Crippen LogP contribution in [0.4, 0.5) is 0 Å². The monoisotopic (exact) mass is 506 g/mol. The smallest absolute Gasteiger partial charge is 0.250 e. The maximum atomic E-state index is 12.3. The van der Waals surface area contributed by atoms with Gasteiger partial charge in [0.05, 0.1) is 12.0 Å². The Kier molecular flexibility index (Phi) is 7.08. The van der Waals surface area contributed by atoms with E-state index in [9.17, 15) is 4.79 Å². The van der Waals surface area contributed by atoms with Crippen molar-refractivity contribution in [1.82, 2.24) is 25.2 Å².